The number of carbonyl (C=O) groups is 1. The van der Waals surface area contributed by atoms with E-state index in [0.29, 0.717) is 30.1 Å². The van der Waals surface area contributed by atoms with Gasteiger partial charge in [-0.25, -0.2) is 8.42 Å². The summed E-state index contributed by atoms with van der Waals surface area (Å²) >= 11 is 1.21. The highest BCUT2D eigenvalue weighted by Crippen LogP contribution is 2.28. The van der Waals surface area contributed by atoms with E-state index < -0.39 is 10.0 Å². The first kappa shape index (κ1) is 19.9. The van der Waals surface area contributed by atoms with Gasteiger partial charge in [-0.05, 0) is 30.4 Å². The molecule has 0 aliphatic carbocycles. The van der Waals surface area contributed by atoms with Gasteiger partial charge >= 0.3 is 0 Å². The fourth-order valence-electron chi connectivity index (χ4n) is 3.38. The average Bonchev–Trinajstić information content (AvgIpc) is 3.23. The van der Waals surface area contributed by atoms with Gasteiger partial charge in [0, 0.05) is 32.2 Å². The van der Waals surface area contributed by atoms with Crippen molar-refractivity contribution in [2.75, 3.05) is 27.2 Å². The third-order valence-corrected chi connectivity index (χ3v) is 8.04. The molecular formula is C19H24N2O4S2. The van der Waals surface area contributed by atoms with Crippen LogP contribution in [0.4, 0.5) is 0 Å². The molecule has 1 saturated heterocycles. The summed E-state index contributed by atoms with van der Waals surface area (Å²) in [5, 5.41) is 1.75. The van der Waals surface area contributed by atoms with Crippen LogP contribution in [-0.2, 0) is 21.4 Å². The van der Waals surface area contributed by atoms with Gasteiger partial charge < -0.3 is 9.64 Å². The van der Waals surface area contributed by atoms with Gasteiger partial charge in [0.05, 0.1) is 13.0 Å². The predicted octanol–water partition coefficient (Wildman–Crippen LogP) is 2.82. The SMILES string of the molecule is COc1ccccc1CN(C)C(=O)C1CCCN(S(=O)(=O)c2cccs2)C1. The summed E-state index contributed by atoms with van der Waals surface area (Å²) in [5.41, 5.74) is 0.926. The smallest absolute Gasteiger partial charge is 0.252 e. The molecule has 8 heteroatoms. The Morgan fingerprint density at radius 2 is 2.07 bits per heavy atom. The molecule has 3 rings (SSSR count). The van der Waals surface area contributed by atoms with Crippen LogP contribution in [-0.4, -0.2) is 50.8 Å². The summed E-state index contributed by atoms with van der Waals surface area (Å²) in [4.78, 5) is 14.6. The quantitative estimate of drug-likeness (QED) is 0.737. The van der Waals surface area contributed by atoms with Crippen LogP contribution in [0, 0.1) is 5.92 Å². The molecule has 1 amide bonds. The minimum atomic E-state index is -3.52. The normalized spacial score (nSPS) is 18.2. The molecule has 1 unspecified atom stereocenters. The summed E-state index contributed by atoms with van der Waals surface area (Å²) < 4.78 is 32.6. The lowest BCUT2D eigenvalue weighted by Crippen LogP contribution is -2.45. The number of carbonyl (C=O) groups excluding carboxylic acids is 1. The minimum absolute atomic E-state index is 0.0352. The van der Waals surface area contributed by atoms with Gasteiger partial charge in [0.2, 0.25) is 5.91 Å². The highest BCUT2D eigenvalue weighted by molar-refractivity contribution is 7.91. The van der Waals surface area contributed by atoms with E-state index in [0.717, 1.165) is 11.3 Å². The summed E-state index contributed by atoms with van der Waals surface area (Å²) in [6.07, 6.45) is 1.38. The van der Waals surface area contributed by atoms with Crippen LogP contribution in [0.1, 0.15) is 18.4 Å². The van der Waals surface area contributed by atoms with E-state index in [1.165, 1.54) is 15.6 Å². The van der Waals surface area contributed by atoms with Gasteiger partial charge in [0.25, 0.3) is 10.0 Å². The van der Waals surface area contributed by atoms with Crippen molar-refractivity contribution >= 4 is 27.3 Å². The molecule has 1 aliphatic heterocycles. The number of nitrogens with zero attached hydrogens (tertiary/aromatic N) is 2. The van der Waals surface area contributed by atoms with Crippen molar-refractivity contribution in [1.82, 2.24) is 9.21 Å². The van der Waals surface area contributed by atoms with Gasteiger partial charge in [-0.15, -0.1) is 11.3 Å². The molecule has 0 N–H and O–H groups in total. The van der Waals surface area contributed by atoms with Gasteiger partial charge in [0.1, 0.15) is 9.96 Å². The lowest BCUT2D eigenvalue weighted by Gasteiger charge is -2.33. The van der Waals surface area contributed by atoms with Crippen molar-refractivity contribution in [3.8, 4) is 5.75 Å². The monoisotopic (exact) mass is 408 g/mol. The van der Waals surface area contributed by atoms with Gasteiger partial charge in [-0.3, -0.25) is 4.79 Å². The van der Waals surface area contributed by atoms with Crippen molar-refractivity contribution in [3.05, 3.63) is 47.3 Å². The minimum Gasteiger partial charge on any atom is -0.496 e. The second-order valence-electron chi connectivity index (χ2n) is 6.64. The van der Waals surface area contributed by atoms with Crippen molar-refractivity contribution in [3.63, 3.8) is 0 Å². The number of benzene rings is 1. The van der Waals surface area contributed by atoms with E-state index in [9.17, 15) is 13.2 Å². The van der Waals surface area contributed by atoms with Crippen LogP contribution in [0.3, 0.4) is 0 Å². The number of amides is 1. The molecule has 0 radical (unpaired) electrons. The molecule has 0 saturated carbocycles. The van der Waals surface area contributed by atoms with Crippen LogP contribution < -0.4 is 4.74 Å². The summed E-state index contributed by atoms with van der Waals surface area (Å²) in [6.45, 7) is 1.12. The molecule has 1 aliphatic rings. The first-order valence-electron chi connectivity index (χ1n) is 8.84. The van der Waals surface area contributed by atoms with E-state index in [2.05, 4.69) is 0 Å². The van der Waals surface area contributed by atoms with E-state index >= 15 is 0 Å². The Labute approximate surface area is 164 Å². The third kappa shape index (κ3) is 4.34. The van der Waals surface area contributed by atoms with Gasteiger partial charge in [-0.1, -0.05) is 24.3 Å². The zero-order valence-corrected chi connectivity index (χ0v) is 17.1. The van der Waals surface area contributed by atoms with Gasteiger partial charge in [-0.2, -0.15) is 4.31 Å². The topological polar surface area (TPSA) is 66.9 Å². The Kier molecular flexibility index (Phi) is 6.18. The Balaban J connectivity index is 1.69. The number of methoxy groups -OCH3 is 1. The standard InChI is InChI=1S/C19H24N2O4S2/c1-20(13-15-7-3-4-9-17(15)25-2)19(22)16-8-5-11-21(14-16)27(23,24)18-10-6-12-26-18/h3-4,6-7,9-10,12,16H,5,8,11,13-14H2,1-2H3. The maximum atomic E-state index is 12.9. The average molecular weight is 409 g/mol. The third-order valence-electron chi connectivity index (χ3n) is 4.80. The molecule has 1 aromatic heterocycles. The second kappa shape index (κ2) is 8.41. The summed E-state index contributed by atoms with van der Waals surface area (Å²) in [5.74, 6) is 0.378. The molecule has 1 fully saturated rings. The predicted molar refractivity (Wildman–Crippen MR) is 105 cm³/mol. The molecule has 1 atom stereocenters. The first-order chi connectivity index (χ1) is 12.9. The summed E-state index contributed by atoms with van der Waals surface area (Å²) in [6, 6.07) is 10.9. The fraction of sp³-hybridized carbons (Fsp3) is 0.421. The van der Waals surface area contributed by atoms with Crippen LogP contribution in [0.5, 0.6) is 5.75 Å². The number of rotatable bonds is 6. The lowest BCUT2D eigenvalue weighted by molar-refractivity contribution is -0.135. The Morgan fingerprint density at radius 3 is 2.78 bits per heavy atom. The van der Waals surface area contributed by atoms with Crippen molar-refractivity contribution in [2.24, 2.45) is 5.92 Å². The zero-order chi connectivity index (χ0) is 19.4. The van der Waals surface area contributed by atoms with E-state index in [1.807, 2.05) is 24.3 Å². The number of hydrogen-bond acceptors (Lipinski definition) is 5. The second-order valence-corrected chi connectivity index (χ2v) is 9.75. The number of sulfonamides is 1. The van der Waals surface area contributed by atoms with Crippen LogP contribution in [0.2, 0.25) is 0 Å². The number of para-hydroxylation sites is 1. The zero-order valence-electron chi connectivity index (χ0n) is 15.5. The van der Waals surface area contributed by atoms with Crippen molar-refractivity contribution < 1.29 is 17.9 Å². The number of hydrogen-bond donors (Lipinski definition) is 0. The van der Waals surface area contributed by atoms with Crippen LogP contribution in [0.25, 0.3) is 0 Å². The summed E-state index contributed by atoms with van der Waals surface area (Å²) in [7, 11) is -0.162. The Bertz CT molecular complexity index is 881. The van der Waals surface area contributed by atoms with Gasteiger partial charge in [0.15, 0.2) is 0 Å². The number of thiophene rings is 1. The highest BCUT2D eigenvalue weighted by Gasteiger charge is 2.34. The first-order valence-corrected chi connectivity index (χ1v) is 11.2. The highest BCUT2D eigenvalue weighted by atomic mass is 32.2. The largest absolute Gasteiger partial charge is 0.496 e. The molecular weight excluding hydrogens is 384 g/mol. The van der Waals surface area contributed by atoms with Crippen molar-refractivity contribution in [2.45, 2.75) is 23.6 Å². The lowest BCUT2D eigenvalue weighted by atomic mass is 9.98. The number of ether oxygens (including phenoxy) is 1. The molecule has 27 heavy (non-hydrogen) atoms. The van der Waals surface area contributed by atoms with Crippen LogP contribution >= 0.6 is 11.3 Å². The molecule has 2 heterocycles. The number of piperidine rings is 1. The Morgan fingerprint density at radius 1 is 1.30 bits per heavy atom. The molecule has 2 aromatic rings. The van der Waals surface area contributed by atoms with E-state index in [4.69, 9.17) is 4.74 Å². The van der Waals surface area contributed by atoms with Crippen LogP contribution in [0.15, 0.2) is 46.0 Å². The maximum absolute atomic E-state index is 12.9. The molecule has 146 valence electrons. The Hall–Kier alpha value is -1.90. The molecule has 6 nitrogen and oxygen atoms in total. The maximum Gasteiger partial charge on any atom is 0.252 e. The molecule has 0 spiro atoms. The van der Waals surface area contributed by atoms with Crippen molar-refractivity contribution in [1.29, 1.82) is 0 Å². The van der Waals surface area contributed by atoms with E-state index in [-0.39, 0.29) is 18.4 Å². The fourth-order valence-corrected chi connectivity index (χ4v) is 6.05. The molecule has 0 bridgehead atoms. The molecule has 1 aromatic carbocycles. The van der Waals surface area contributed by atoms with E-state index in [1.54, 1.807) is 36.6 Å².